The summed E-state index contributed by atoms with van der Waals surface area (Å²) in [7, 11) is 0. The maximum atomic E-state index is 9.79. The molecule has 1 aliphatic rings. The molecular formula is C19H31NO. The molecule has 0 radical (unpaired) electrons. The number of benzene rings is 1. The van der Waals surface area contributed by atoms with Crippen LogP contribution in [0, 0.1) is 10.8 Å². The van der Waals surface area contributed by atoms with Crippen molar-refractivity contribution in [3.05, 3.63) is 35.9 Å². The Morgan fingerprint density at radius 1 is 1.14 bits per heavy atom. The molecule has 2 rings (SSSR count). The van der Waals surface area contributed by atoms with Crippen LogP contribution in [0.3, 0.4) is 0 Å². The zero-order chi connectivity index (χ0) is 15.3. The van der Waals surface area contributed by atoms with E-state index in [2.05, 4.69) is 56.4 Å². The monoisotopic (exact) mass is 289 g/mol. The van der Waals surface area contributed by atoms with Crippen LogP contribution < -0.4 is 5.32 Å². The van der Waals surface area contributed by atoms with E-state index >= 15 is 0 Å². The summed E-state index contributed by atoms with van der Waals surface area (Å²) in [5.41, 5.74) is 1.76. The summed E-state index contributed by atoms with van der Waals surface area (Å²) in [6, 6.07) is 11.1. The molecule has 0 spiro atoms. The van der Waals surface area contributed by atoms with Gasteiger partial charge in [-0.1, -0.05) is 63.9 Å². The molecule has 1 aromatic carbocycles. The summed E-state index contributed by atoms with van der Waals surface area (Å²) >= 11 is 0. The Balaban J connectivity index is 2.06. The highest BCUT2D eigenvalue weighted by atomic mass is 16.3. The Hall–Kier alpha value is -0.860. The fourth-order valence-electron chi connectivity index (χ4n) is 3.46. The van der Waals surface area contributed by atoms with E-state index in [9.17, 15) is 5.11 Å². The smallest absolute Gasteiger partial charge is 0.0499 e. The van der Waals surface area contributed by atoms with Gasteiger partial charge in [0.1, 0.15) is 0 Å². The number of hydrogen-bond acceptors (Lipinski definition) is 2. The van der Waals surface area contributed by atoms with E-state index in [1.807, 2.05) is 0 Å². The summed E-state index contributed by atoms with van der Waals surface area (Å²) in [5, 5.41) is 13.6. The molecule has 0 aromatic heterocycles. The third-order valence-corrected chi connectivity index (χ3v) is 4.74. The van der Waals surface area contributed by atoms with E-state index in [1.54, 1.807) is 0 Å². The van der Waals surface area contributed by atoms with Crippen LogP contribution in [-0.2, 0) is 0 Å². The van der Waals surface area contributed by atoms with Gasteiger partial charge in [-0.3, -0.25) is 0 Å². The van der Waals surface area contributed by atoms with Gasteiger partial charge in [0.25, 0.3) is 0 Å². The van der Waals surface area contributed by atoms with Gasteiger partial charge < -0.3 is 10.4 Å². The summed E-state index contributed by atoms with van der Waals surface area (Å²) in [6.07, 6.45) is 5.95. The van der Waals surface area contributed by atoms with Crippen molar-refractivity contribution in [2.45, 2.75) is 58.9 Å². The van der Waals surface area contributed by atoms with E-state index in [4.69, 9.17) is 0 Å². The van der Waals surface area contributed by atoms with Crippen LogP contribution in [-0.4, -0.2) is 18.3 Å². The van der Waals surface area contributed by atoms with Crippen LogP contribution in [0.15, 0.2) is 30.3 Å². The van der Waals surface area contributed by atoms with Crippen molar-refractivity contribution in [3.63, 3.8) is 0 Å². The first-order valence-electron chi connectivity index (χ1n) is 8.33. The second kappa shape index (κ2) is 6.93. The fourth-order valence-corrected chi connectivity index (χ4v) is 3.46. The zero-order valence-corrected chi connectivity index (χ0v) is 13.9. The Morgan fingerprint density at radius 2 is 1.76 bits per heavy atom. The Kier molecular flexibility index (Phi) is 5.45. The van der Waals surface area contributed by atoms with Crippen LogP contribution >= 0.6 is 0 Å². The van der Waals surface area contributed by atoms with E-state index < -0.39 is 0 Å². The molecule has 0 bridgehead atoms. The van der Waals surface area contributed by atoms with E-state index in [-0.39, 0.29) is 10.8 Å². The molecule has 2 nitrogen and oxygen atoms in total. The normalized spacial score (nSPS) is 19.6. The van der Waals surface area contributed by atoms with Crippen LogP contribution in [0.25, 0.3) is 0 Å². The molecule has 0 heterocycles. The molecule has 2 N–H and O–H groups in total. The lowest BCUT2D eigenvalue weighted by Crippen LogP contribution is -2.38. The minimum Gasteiger partial charge on any atom is -0.396 e. The third kappa shape index (κ3) is 4.82. The molecule has 118 valence electrons. The van der Waals surface area contributed by atoms with Crippen molar-refractivity contribution in [1.82, 2.24) is 5.32 Å². The molecular weight excluding hydrogens is 258 g/mol. The Labute approximate surface area is 130 Å². The highest BCUT2D eigenvalue weighted by Gasteiger charge is 2.34. The van der Waals surface area contributed by atoms with Crippen LogP contribution in [0.1, 0.15) is 64.5 Å². The van der Waals surface area contributed by atoms with Crippen LogP contribution in [0.5, 0.6) is 0 Å². The Morgan fingerprint density at radius 3 is 2.29 bits per heavy atom. The molecule has 1 atom stereocenters. The summed E-state index contributed by atoms with van der Waals surface area (Å²) in [6.45, 7) is 8.13. The van der Waals surface area contributed by atoms with Gasteiger partial charge in [0, 0.05) is 24.6 Å². The predicted molar refractivity (Wildman–Crippen MR) is 89.2 cm³/mol. The molecule has 0 aliphatic heterocycles. The minimum absolute atomic E-state index is 0.116. The highest BCUT2D eigenvalue weighted by Crippen LogP contribution is 2.38. The lowest BCUT2D eigenvalue weighted by Gasteiger charge is -2.33. The molecule has 1 fully saturated rings. The number of hydrogen-bond donors (Lipinski definition) is 2. The lowest BCUT2D eigenvalue weighted by molar-refractivity contribution is 0.121. The zero-order valence-electron chi connectivity index (χ0n) is 13.9. The van der Waals surface area contributed by atoms with Crippen LogP contribution in [0.4, 0.5) is 0 Å². The molecule has 0 saturated heterocycles. The molecule has 1 unspecified atom stereocenters. The molecule has 1 aliphatic carbocycles. The predicted octanol–water partition coefficient (Wildman–Crippen LogP) is 4.31. The largest absolute Gasteiger partial charge is 0.396 e. The highest BCUT2D eigenvalue weighted by molar-refractivity contribution is 5.19. The first kappa shape index (κ1) is 16.5. The van der Waals surface area contributed by atoms with Crippen molar-refractivity contribution in [3.8, 4) is 0 Å². The van der Waals surface area contributed by atoms with Gasteiger partial charge >= 0.3 is 0 Å². The quantitative estimate of drug-likeness (QED) is 0.818. The van der Waals surface area contributed by atoms with Crippen LogP contribution in [0.2, 0.25) is 0 Å². The summed E-state index contributed by atoms with van der Waals surface area (Å²) in [5.74, 6) is 0. The molecule has 2 heteroatoms. The Bertz CT molecular complexity index is 415. The topological polar surface area (TPSA) is 32.3 Å². The standard InChI is InChI=1S/C19H31NO/c1-18(2,3)13-17(16-9-5-4-6-10-16)20-14-19(15-21)11-7-8-12-19/h4-6,9-10,17,20-21H,7-8,11-15H2,1-3H3. The van der Waals surface area contributed by atoms with Crippen molar-refractivity contribution in [1.29, 1.82) is 0 Å². The average Bonchev–Trinajstić information content (AvgIpc) is 2.93. The number of aliphatic hydroxyl groups excluding tert-OH is 1. The number of aliphatic hydroxyl groups is 1. The van der Waals surface area contributed by atoms with Gasteiger partial charge in [0.2, 0.25) is 0 Å². The second-order valence-corrected chi connectivity index (χ2v) is 7.97. The van der Waals surface area contributed by atoms with Gasteiger partial charge in [-0.15, -0.1) is 0 Å². The second-order valence-electron chi connectivity index (χ2n) is 7.97. The van der Waals surface area contributed by atoms with Crippen molar-refractivity contribution in [2.24, 2.45) is 10.8 Å². The van der Waals surface area contributed by atoms with Crippen molar-refractivity contribution >= 4 is 0 Å². The van der Waals surface area contributed by atoms with E-state index in [1.165, 1.54) is 18.4 Å². The molecule has 21 heavy (non-hydrogen) atoms. The lowest BCUT2D eigenvalue weighted by atomic mass is 9.83. The summed E-state index contributed by atoms with van der Waals surface area (Å²) < 4.78 is 0. The van der Waals surface area contributed by atoms with Gasteiger partial charge in [-0.25, -0.2) is 0 Å². The molecule has 1 aromatic rings. The van der Waals surface area contributed by atoms with Gasteiger partial charge in [0.15, 0.2) is 0 Å². The molecule has 1 saturated carbocycles. The summed E-state index contributed by atoms with van der Waals surface area (Å²) in [4.78, 5) is 0. The molecule has 0 amide bonds. The van der Waals surface area contributed by atoms with Gasteiger partial charge in [0.05, 0.1) is 0 Å². The average molecular weight is 289 g/mol. The number of nitrogens with one attached hydrogen (secondary N) is 1. The van der Waals surface area contributed by atoms with Gasteiger partial charge in [-0.05, 0) is 30.2 Å². The maximum absolute atomic E-state index is 9.79. The van der Waals surface area contributed by atoms with Crippen molar-refractivity contribution in [2.75, 3.05) is 13.2 Å². The van der Waals surface area contributed by atoms with Crippen molar-refractivity contribution < 1.29 is 5.11 Å². The van der Waals surface area contributed by atoms with E-state index in [0.717, 1.165) is 25.8 Å². The van der Waals surface area contributed by atoms with Gasteiger partial charge in [-0.2, -0.15) is 0 Å². The minimum atomic E-state index is 0.116. The van der Waals surface area contributed by atoms with E-state index in [0.29, 0.717) is 12.6 Å². The first-order valence-corrected chi connectivity index (χ1v) is 8.33. The third-order valence-electron chi connectivity index (χ3n) is 4.74. The SMILES string of the molecule is CC(C)(C)CC(NCC1(CO)CCCC1)c1ccccc1. The fraction of sp³-hybridized carbons (Fsp3) is 0.684. The number of rotatable bonds is 6. The first-order chi connectivity index (χ1) is 9.94. The maximum Gasteiger partial charge on any atom is 0.0499 e.